The van der Waals surface area contributed by atoms with Gasteiger partial charge in [-0.25, -0.2) is 14.5 Å². The van der Waals surface area contributed by atoms with Gasteiger partial charge in [0.1, 0.15) is 16.6 Å². The van der Waals surface area contributed by atoms with E-state index in [1.54, 1.807) is 47.6 Å². The standard InChI is InChI=1S/C33H38N2O5/c1-22-18-19-26-25(20-22)33(21-23-14-10-8-11-15-23,28(36)35(26)30(38)40-32(5,6)7)27(24-16-12-9-13-17-24)34-29(37)39-31(2,3)4/h8-20,27H,21H2,1-7H3,(H,34,37)/t27-,33+/m1/s1. The Morgan fingerprint density at radius 1 is 0.850 bits per heavy atom. The molecule has 210 valence electrons. The normalized spacial score (nSPS) is 17.7. The van der Waals surface area contributed by atoms with E-state index in [0.717, 1.165) is 16.0 Å². The van der Waals surface area contributed by atoms with E-state index in [0.29, 0.717) is 16.8 Å². The first-order valence-electron chi connectivity index (χ1n) is 13.5. The molecule has 0 fully saturated rings. The van der Waals surface area contributed by atoms with Crippen LogP contribution in [0.5, 0.6) is 0 Å². The second-order valence-corrected chi connectivity index (χ2v) is 12.3. The van der Waals surface area contributed by atoms with Crippen LogP contribution in [0.2, 0.25) is 0 Å². The summed E-state index contributed by atoms with van der Waals surface area (Å²) in [5, 5.41) is 3.03. The Hall–Kier alpha value is -4.13. The molecule has 3 aromatic rings. The van der Waals surface area contributed by atoms with Gasteiger partial charge in [0.15, 0.2) is 0 Å². The van der Waals surface area contributed by atoms with E-state index < -0.39 is 40.8 Å². The number of anilines is 1. The molecular weight excluding hydrogens is 504 g/mol. The number of benzene rings is 3. The van der Waals surface area contributed by atoms with E-state index in [1.807, 2.05) is 79.7 Å². The third kappa shape index (κ3) is 6.03. The number of imide groups is 1. The molecule has 0 aliphatic carbocycles. The monoisotopic (exact) mass is 542 g/mol. The number of amides is 3. The van der Waals surface area contributed by atoms with Gasteiger partial charge in [0.05, 0.1) is 11.7 Å². The summed E-state index contributed by atoms with van der Waals surface area (Å²) in [6.45, 7) is 12.6. The molecule has 3 amide bonds. The van der Waals surface area contributed by atoms with Crippen LogP contribution in [0.1, 0.15) is 69.8 Å². The number of carbonyl (C=O) groups is 3. The second-order valence-electron chi connectivity index (χ2n) is 12.3. The van der Waals surface area contributed by atoms with Crippen LogP contribution in [0.15, 0.2) is 78.9 Å². The fraction of sp³-hybridized carbons (Fsp3) is 0.364. The van der Waals surface area contributed by atoms with Crippen molar-refractivity contribution in [1.82, 2.24) is 5.32 Å². The molecule has 1 N–H and O–H groups in total. The Balaban J connectivity index is 1.99. The van der Waals surface area contributed by atoms with Crippen molar-refractivity contribution in [3.63, 3.8) is 0 Å². The summed E-state index contributed by atoms with van der Waals surface area (Å²) < 4.78 is 11.4. The molecule has 1 heterocycles. The highest BCUT2D eigenvalue weighted by Crippen LogP contribution is 2.51. The van der Waals surface area contributed by atoms with E-state index >= 15 is 0 Å². The number of carbonyl (C=O) groups excluding carboxylic acids is 3. The minimum atomic E-state index is -1.39. The summed E-state index contributed by atoms with van der Waals surface area (Å²) in [6, 6.07) is 23.6. The smallest absolute Gasteiger partial charge is 0.421 e. The number of rotatable bonds is 5. The quantitative estimate of drug-likeness (QED) is 0.374. The predicted molar refractivity (Wildman–Crippen MR) is 155 cm³/mol. The molecule has 7 nitrogen and oxygen atoms in total. The van der Waals surface area contributed by atoms with Crippen molar-refractivity contribution in [2.75, 3.05) is 4.90 Å². The van der Waals surface area contributed by atoms with Crippen molar-refractivity contribution < 1.29 is 23.9 Å². The van der Waals surface area contributed by atoms with E-state index in [-0.39, 0.29) is 6.42 Å². The number of ether oxygens (including phenoxy) is 2. The lowest BCUT2D eigenvalue weighted by Crippen LogP contribution is -2.54. The molecule has 3 aromatic carbocycles. The molecule has 0 radical (unpaired) electrons. The Labute approximate surface area is 236 Å². The Morgan fingerprint density at radius 3 is 2.00 bits per heavy atom. The number of alkyl carbamates (subject to hydrolysis) is 1. The molecule has 40 heavy (non-hydrogen) atoms. The number of nitrogens with one attached hydrogen (secondary N) is 1. The van der Waals surface area contributed by atoms with Crippen LogP contribution in [0.25, 0.3) is 0 Å². The van der Waals surface area contributed by atoms with Gasteiger partial charge in [0.2, 0.25) is 5.91 Å². The highest BCUT2D eigenvalue weighted by molar-refractivity contribution is 6.21. The van der Waals surface area contributed by atoms with E-state index in [2.05, 4.69) is 5.32 Å². The summed E-state index contributed by atoms with van der Waals surface area (Å²) in [5.74, 6) is -0.476. The number of hydrogen-bond acceptors (Lipinski definition) is 5. The van der Waals surface area contributed by atoms with E-state index in [4.69, 9.17) is 9.47 Å². The van der Waals surface area contributed by atoms with Gasteiger partial charge in [0.25, 0.3) is 0 Å². The lowest BCUT2D eigenvalue weighted by Gasteiger charge is -2.38. The van der Waals surface area contributed by atoms with Crippen LogP contribution >= 0.6 is 0 Å². The molecule has 7 heteroatoms. The molecule has 4 rings (SSSR count). The first-order chi connectivity index (χ1) is 18.7. The molecule has 0 saturated carbocycles. The summed E-state index contributed by atoms with van der Waals surface area (Å²) in [5.41, 5.74) is 0.605. The fourth-order valence-electron chi connectivity index (χ4n) is 5.15. The van der Waals surface area contributed by atoms with Gasteiger partial charge in [-0.05, 0) is 77.6 Å². The van der Waals surface area contributed by atoms with Crippen molar-refractivity contribution in [3.8, 4) is 0 Å². The van der Waals surface area contributed by atoms with E-state index in [9.17, 15) is 14.4 Å². The zero-order valence-electron chi connectivity index (χ0n) is 24.3. The van der Waals surface area contributed by atoms with Crippen molar-refractivity contribution >= 4 is 23.8 Å². The van der Waals surface area contributed by atoms with Crippen LogP contribution in [-0.4, -0.2) is 29.3 Å². The topological polar surface area (TPSA) is 84.9 Å². The summed E-state index contributed by atoms with van der Waals surface area (Å²) >= 11 is 0. The average molecular weight is 543 g/mol. The van der Waals surface area contributed by atoms with Crippen molar-refractivity contribution in [2.24, 2.45) is 0 Å². The van der Waals surface area contributed by atoms with Crippen molar-refractivity contribution in [3.05, 3.63) is 101 Å². The lowest BCUT2D eigenvalue weighted by molar-refractivity contribution is -0.124. The molecule has 0 spiro atoms. The molecular formula is C33H38N2O5. The van der Waals surface area contributed by atoms with Gasteiger partial charge in [-0.3, -0.25) is 4.79 Å². The average Bonchev–Trinajstić information content (AvgIpc) is 3.09. The first kappa shape index (κ1) is 28.9. The van der Waals surface area contributed by atoms with Gasteiger partial charge in [-0.2, -0.15) is 0 Å². The van der Waals surface area contributed by atoms with Gasteiger partial charge >= 0.3 is 12.2 Å². The van der Waals surface area contributed by atoms with Gasteiger partial charge in [-0.15, -0.1) is 0 Å². The number of aryl methyl sites for hydroxylation is 1. The second kappa shape index (κ2) is 10.8. The van der Waals surface area contributed by atoms with Gasteiger partial charge in [0, 0.05) is 0 Å². The molecule has 0 bridgehead atoms. The maximum atomic E-state index is 14.8. The van der Waals surface area contributed by atoms with Crippen LogP contribution in [0, 0.1) is 6.92 Å². The number of hydrogen-bond donors (Lipinski definition) is 1. The zero-order valence-corrected chi connectivity index (χ0v) is 24.3. The Kier molecular flexibility index (Phi) is 7.79. The minimum absolute atomic E-state index is 0.220. The van der Waals surface area contributed by atoms with Crippen molar-refractivity contribution in [1.29, 1.82) is 0 Å². The van der Waals surface area contributed by atoms with Crippen LogP contribution in [0.4, 0.5) is 15.3 Å². The SMILES string of the molecule is Cc1ccc2c(c1)[C@@](Cc1ccccc1)([C@H](NC(=O)OC(C)(C)C)c1ccccc1)C(=O)N2C(=O)OC(C)(C)C. The lowest BCUT2D eigenvalue weighted by atomic mass is 9.68. The van der Waals surface area contributed by atoms with Crippen LogP contribution in [0.3, 0.4) is 0 Å². The number of fused-ring (bicyclic) bond motifs is 1. The third-order valence-electron chi connectivity index (χ3n) is 6.65. The summed E-state index contributed by atoms with van der Waals surface area (Å²) in [4.78, 5) is 42.9. The summed E-state index contributed by atoms with van der Waals surface area (Å²) in [6.07, 6.45) is -1.20. The van der Waals surface area contributed by atoms with Crippen molar-refractivity contribution in [2.45, 2.75) is 77.5 Å². The van der Waals surface area contributed by atoms with Crippen LogP contribution < -0.4 is 10.2 Å². The molecule has 1 aliphatic heterocycles. The third-order valence-corrected chi connectivity index (χ3v) is 6.65. The minimum Gasteiger partial charge on any atom is -0.444 e. The Morgan fingerprint density at radius 2 is 1.43 bits per heavy atom. The van der Waals surface area contributed by atoms with E-state index in [1.165, 1.54) is 0 Å². The maximum Gasteiger partial charge on any atom is 0.421 e. The van der Waals surface area contributed by atoms with Crippen LogP contribution in [-0.2, 0) is 26.1 Å². The highest BCUT2D eigenvalue weighted by atomic mass is 16.6. The highest BCUT2D eigenvalue weighted by Gasteiger charge is 2.59. The number of nitrogens with zero attached hydrogens (tertiary/aromatic N) is 1. The van der Waals surface area contributed by atoms with Gasteiger partial charge in [-0.1, -0.05) is 78.4 Å². The maximum absolute atomic E-state index is 14.8. The predicted octanol–water partition coefficient (Wildman–Crippen LogP) is 7.02. The Bertz CT molecular complexity index is 1390. The molecule has 0 saturated heterocycles. The fourth-order valence-corrected chi connectivity index (χ4v) is 5.15. The molecule has 2 atom stereocenters. The summed E-state index contributed by atoms with van der Waals surface area (Å²) in [7, 11) is 0. The zero-order chi connectivity index (χ0) is 29.3. The molecule has 0 aromatic heterocycles. The largest absolute Gasteiger partial charge is 0.444 e. The van der Waals surface area contributed by atoms with Gasteiger partial charge < -0.3 is 14.8 Å². The molecule has 0 unspecified atom stereocenters. The molecule has 1 aliphatic rings. The first-order valence-corrected chi connectivity index (χ1v) is 13.5.